The Morgan fingerprint density at radius 1 is 1.17 bits per heavy atom. The van der Waals surface area contributed by atoms with E-state index in [0.717, 1.165) is 0 Å². The van der Waals surface area contributed by atoms with Crippen LogP contribution in [0.15, 0.2) is 24.3 Å². The molecule has 3 amide bonds. The number of carbonyl (C=O) groups is 3. The molecular weight excluding hydrogens is 336 g/mol. The van der Waals surface area contributed by atoms with Gasteiger partial charge in [0.1, 0.15) is 11.9 Å². The minimum atomic E-state index is -0.942. The first kappa shape index (κ1) is 19.9. The summed E-state index contributed by atoms with van der Waals surface area (Å²) in [4.78, 5) is 40.3. The first-order valence-electron chi connectivity index (χ1n) is 7.38. The average molecular weight is 357 g/mol. The Bertz CT molecular complexity index is 591. The zero-order valence-corrected chi connectivity index (χ0v) is 14.8. The number of amides is 3. The Kier molecular flexibility index (Phi) is 7.67. The second-order valence-corrected chi connectivity index (χ2v) is 5.66. The monoisotopic (exact) mass is 356 g/mol. The maximum absolute atomic E-state index is 12.4. The number of imide groups is 1. The minimum absolute atomic E-state index is 0.165. The summed E-state index contributed by atoms with van der Waals surface area (Å²) < 4.78 is 5.49. The predicted molar refractivity (Wildman–Crippen MR) is 88.3 cm³/mol. The van der Waals surface area contributed by atoms with Crippen LogP contribution >= 0.6 is 11.6 Å². The number of hydrogen-bond acceptors (Lipinski definition) is 5. The topological polar surface area (TPSA) is 84.9 Å². The van der Waals surface area contributed by atoms with Crippen molar-refractivity contribution < 1.29 is 24.0 Å². The molecule has 0 aliphatic carbocycles. The summed E-state index contributed by atoms with van der Waals surface area (Å²) >= 11 is 5.79. The molecule has 0 heterocycles. The number of rotatable bonds is 7. The number of benzene rings is 1. The SMILES string of the molecule is CC(=O)NCC(C)ON(C(C)=O)C(=O)C(C)Oc1ccc(Cl)cc1. The summed E-state index contributed by atoms with van der Waals surface area (Å²) in [5.74, 6) is -1.02. The molecule has 0 spiro atoms. The molecular formula is C16H21ClN2O5. The molecule has 0 fully saturated rings. The number of carbonyl (C=O) groups excluding carboxylic acids is 3. The van der Waals surface area contributed by atoms with Crippen molar-refractivity contribution in [2.75, 3.05) is 6.54 Å². The standard InChI is InChI=1S/C16H21ClN2O5/c1-10(9-18-12(3)20)24-19(13(4)21)16(22)11(2)23-15-7-5-14(17)6-8-15/h5-8,10-11H,9H2,1-4H3,(H,18,20). The number of nitrogens with zero attached hydrogens (tertiary/aromatic N) is 1. The molecule has 24 heavy (non-hydrogen) atoms. The molecule has 1 rings (SSSR count). The van der Waals surface area contributed by atoms with Crippen molar-refractivity contribution in [3.05, 3.63) is 29.3 Å². The lowest BCUT2D eigenvalue weighted by molar-refractivity contribution is -0.209. The van der Waals surface area contributed by atoms with Crippen molar-refractivity contribution in [2.24, 2.45) is 0 Å². The van der Waals surface area contributed by atoms with Crippen LogP contribution in [0.2, 0.25) is 5.02 Å². The number of nitrogens with one attached hydrogen (secondary N) is 1. The van der Waals surface area contributed by atoms with Gasteiger partial charge in [0, 0.05) is 25.4 Å². The fourth-order valence-corrected chi connectivity index (χ4v) is 1.84. The van der Waals surface area contributed by atoms with E-state index in [0.29, 0.717) is 15.8 Å². The highest BCUT2D eigenvalue weighted by Crippen LogP contribution is 2.17. The van der Waals surface area contributed by atoms with E-state index >= 15 is 0 Å². The second-order valence-electron chi connectivity index (χ2n) is 5.22. The summed E-state index contributed by atoms with van der Waals surface area (Å²) in [5, 5.41) is 3.74. The van der Waals surface area contributed by atoms with Crippen LogP contribution in [0.4, 0.5) is 0 Å². The van der Waals surface area contributed by atoms with Crippen LogP contribution in [0, 0.1) is 0 Å². The second kappa shape index (κ2) is 9.24. The van der Waals surface area contributed by atoms with Crippen molar-refractivity contribution in [3.63, 3.8) is 0 Å². The Morgan fingerprint density at radius 3 is 2.25 bits per heavy atom. The minimum Gasteiger partial charge on any atom is -0.481 e. The van der Waals surface area contributed by atoms with E-state index in [1.807, 2.05) is 0 Å². The van der Waals surface area contributed by atoms with Crippen molar-refractivity contribution in [1.82, 2.24) is 10.4 Å². The van der Waals surface area contributed by atoms with E-state index < -0.39 is 24.0 Å². The van der Waals surface area contributed by atoms with Crippen molar-refractivity contribution >= 4 is 29.3 Å². The Labute approximate surface area is 145 Å². The van der Waals surface area contributed by atoms with Crippen molar-refractivity contribution in [3.8, 4) is 5.75 Å². The molecule has 0 bridgehead atoms. The molecule has 0 aliphatic rings. The van der Waals surface area contributed by atoms with Gasteiger partial charge in [-0.25, -0.2) is 0 Å². The van der Waals surface area contributed by atoms with Gasteiger partial charge in [0.05, 0.1) is 0 Å². The normalized spacial score (nSPS) is 12.9. The Morgan fingerprint density at radius 2 is 1.75 bits per heavy atom. The van der Waals surface area contributed by atoms with Gasteiger partial charge in [-0.3, -0.25) is 19.2 Å². The van der Waals surface area contributed by atoms with Gasteiger partial charge in [0.15, 0.2) is 6.10 Å². The molecule has 7 nitrogen and oxygen atoms in total. The van der Waals surface area contributed by atoms with Gasteiger partial charge < -0.3 is 10.1 Å². The van der Waals surface area contributed by atoms with Crippen LogP contribution in [0.5, 0.6) is 5.75 Å². The fourth-order valence-electron chi connectivity index (χ4n) is 1.72. The fraction of sp³-hybridized carbons (Fsp3) is 0.438. The molecule has 1 aromatic rings. The van der Waals surface area contributed by atoms with Crippen LogP contribution in [0.25, 0.3) is 0 Å². The van der Waals surface area contributed by atoms with Crippen LogP contribution < -0.4 is 10.1 Å². The smallest absolute Gasteiger partial charge is 0.294 e. The zero-order valence-electron chi connectivity index (χ0n) is 14.0. The highest BCUT2D eigenvalue weighted by Gasteiger charge is 2.28. The van der Waals surface area contributed by atoms with Gasteiger partial charge in [0.2, 0.25) is 11.8 Å². The summed E-state index contributed by atoms with van der Waals surface area (Å²) in [6, 6.07) is 6.49. The highest BCUT2D eigenvalue weighted by molar-refractivity contribution is 6.30. The highest BCUT2D eigenvalue weighted by atomic mass is 35.5. The van der Waals surface area contributed by atoms with Crippen LogP contribution in [-0.4, -0.2) is 41.5 Å². The number of hydrogen-bond donors (Lipinski definition) is 1. The largest absolute Gasteiger partial charge is 0.481 e. The molecule has 0 aromatic heterocycles. The molecule has 2 atom stereocenters. The molecule has 1 N–H and O–H groups in total. The van der Waals surface area contributed by atoms with E-state index in [4.69, 9.17) is 21.2 Å². The Balaban J connectivity index is 2.69. The summed E-state index contributed by atoms with van der Waals surface area (Å²) in [7, 11) is 0. The van der Waals surface area contributed by atoms with E-state index in [1.165, 1.54) is 20.8 Å². The predicted octanol–water partition coefficient (Wildman–Crippen LogP) is 1.94. The number of halogens is 1. The Hall–Kier alpha value is -2.12. The van der Waals surface area contributed by atoms with Gasteiger partial charge >= 0.3 is 0 Å². The van der Waals surface area contributed by atoms with Gasteiger partial charge in [0.25, 0.3) is 5.91 Å². The van der Waals surface area contributed by atoms with Crippen molar-refractivity contribution in [1.29, 1.82) is 0 Å². The van der Waals surface area contributed by atoms with E-state index in [2.05, 4.69) is 5.32 Å². The van der Waals surface area contributed by atoms with Gasteiger partial charge in [-0.05, 0) is 38.1 Å². The maximum atomic E-state index is 12.4. The summed E-state index contributed by atoms with van der Waals surface area (Å²) in [5.41, 5.74) is 0. The van der Waals surface area contributed by atoms with Crippen LogP contribution in [0.3, 0.4) is 0 Å². The van der Waals surface area contributed by atoms with Gasteiger partial charge in [-0.2, -0.15) is 5.06 Å². The first-order chi connectivity index (χ1) is 11.2. The molecule has 0 aliphatic heterocycles. The van der Waals surface area contributed by atoms with Crippen LogP contribution in [0.1, 0.15) is 27.7 Å². The molecule has 0 saturated carbocycles. The average Bonchev–Trinajstić information content (AvgIpc) is 2.51. The molecule has 1 aromatic carbocycles. The van der Waals surface area contributed by atoms with E-state index in [9.17, 15) is 14.4 Å². The lowest BCUT2D eigenvalue weighted by Gasteiger charge is -2.25. The first-order valence-corrected chi connectivity index (χ1v) is 7.76. The molecule has 0 radical (unpaired) electrons. The van der Waals surface area contributed by atoms with Gasteiger partial charge in [-0.1, -0.05) is 11.6 Å². The van der Waals surface area contributed by atoms with Crippen LogP contribution in [-0.2, 0) is 19.2 Å². The zero-order chi connectivity index (χ0) is 18.3. The quantitative estimate of drug-likeness (QED) is 0.755. The third-order valence-corrected chi connectivity index (χ3v) is 3.14. The van der Waals surface area contributed by atoms with E-state index in [-0.39, 0.29) is 12.5 Å². The number of ether oxygens (including phenoxy) is 1. The third-order valence-electron chi connectivity index (χ3n) is 2.88. The van der Waals surface area contributed by atoms with Gasteiger partial charge in [-0.15, -0.1) is 0 Å². The third kappa shape index (κ3) is 6.55. The molecule has 132 valence electrons. The summed E-state index contributed by atoms with van der Waals surface area (Å²) in [6.07, 6.45) is -1.51. The molecule has 2 unspecified atom stereocenters. The maximum Gasteiger partial charge on any atom is 0.294 e. The number of hydroxylamine groups is 2. The van der Waals surface area contributed by atoms with Crippen molar-refractivity contribution in [2.45, 2.75) is 39.9 Å². The lowest BCUT2D eigenvalue weighted by atomic mass is 10.3. The lowest BCUT2D eigenvalue weighted by Crippen LogP contribution is -2.46. The molecule has 8 heteroatoms. The van der Waals surface area contributed by atoms with E-state index in [1.54, 1.807) is 31.2 Å². The summed E-state index contributed by atoms with van der Waals surface area (Å²) in [6.45, 7) is 5.87. The molecule has 0 saturated heterocycles.